The van der Waals surface area contributed by atoms with Gasteiger partial charge in [-0.1, -0.05) is 23.7 Å². The van der Waals surface area contributed by atoms with Crippen molar-refractivity contribution in [3.63, 3.8) is 0 Å². The van der Waals surface area contributed by atoms with Crippen LogP contribution in [-0.2, 0) is 6.18 Å². The number of aliphatic hydroxyl groups is 1. The minimum absolute atomic E-state index is 0.242. The van der Waals surface area contributed by atoms with Crippen LogP contribution >= 0.6 is 11.6 Å². The van der Waals surface area contributed by atoms with Gasteiger partial charge in [-0.15, -0.1) is 0 Å². The van der Waals surface area contributed by atoms with Crippen molar-refractivity contribution in [1.82, 2.24) is 0 Å². The summed E-state index contributed by atoms with van der Waals surface area (Å²) in [7, 11) is 0. The minimum atomic E-state index is -4.36. The molecular weight excluding hydrogens is 303 g/mol. The lowest BCUT2D eigenvalue weighted by atomic mass is 10.0. The zero-order valence-electron chi connectivity index (χ0n) is 10.9. The highest BCUT2D eigenvalue weighted by atomic mass is 35.5. The Morgan fingerprint density at radius 1 is 1.00 bits per heavy atom. The SMILES string of the molecule is OCC(Nc1ccc(Cl)cc1)c1ccc(C(F)(F)F)cc1. The average molecular weight is 316 g/mol. The second-order valence-electron chi connectivity index (χ2n) is 4.51. The maximum absolute atomic E-state index is 12.5. The predicted molar refractivity (Wildman–Crippen MR) is 76.3 cm³/mol. The second-order valence-corrected chi connectivity index (χ2v) is 4.94. The highest BCUT2D eigenvalue weighted by molar-refractivity contribution is 6.30. The van der Waals surface area contributed by atoms with E-state index in [-0.39, 0.29) is 6.61 Å². The third kappa shape index (κ3) is 4.12. The Labute approximate surface area is 125 Å². The summed E-state index contributed by atoms with van der Waals surface area (Å²) in [6.45, 7) is -0.242. The summed E-state index contributed by atoms with van der Waals surface area (Å²) in [6, 6.07) is 11.1. The van der Waals surface area contributed by atoms with Crippen LogP contribution in [-0.4, -0.2) is 11.7 Å². The Kier molecular flexibility index (Phi) is 4.75. The second kappa shape index (κ2) is 6.37. The highest BCUT2D eigenvalue weighted by Crippen LogP contribution is 2.30. The molecule has 21 heavy (non-hydrogen) atoms. The van der Waals surface area contributed by atoms with E-state index in [2.05, 4.69) is 5.32 Å². The lowest BCUT2D eigenvalue weighted by Gasteiger charge is -2.19. The smallest absolute Gasteiger partial charge is 0.394 e. The third-order valence-corrected chi connectivity index (χ3v) is 3.26. The fraction of sp³-hybridized carbons (Fsp3) is 0.200. The number of hydrogen-bond acceptors (Lipinski definition) is 2. The molecule has 2 rings (SSSR count). The molecule has 0 aliphatic rings. The summed E-state index contributed by atoms with van der Waals surface area (Å²) in [5.74, 6) is 0. The van der Waals surface area contributed by atoms with Crippen LogP contribution in [0, 0.1) is 0 Å². The molecule has 6 heteroatoms. The van der Waals surface area contributed by atoms with Gasteiger partial charge >= 0.3 is 6.18 Å². The van der Waals surface area contributed by atoms with Gasteiger partial charge in [-0.05, 0) is 42.0 Å². The monoisotopic (exact) mass is 315 g/mol. The maximum atomic E-state index is 12.5. The fourth-order valence-electron chi connectivity index (χ4n) is 1.89. The van der Waals surface area contributed by atoms with Crippen LogP contribution in [0.25, 0.3) is 0 Å². The molecule has 2 aromatic carbocycles. The average Bonchev–Trinajstić information content (AvgIpc) is 2.46. The Morgan fingerprint density at radius 3 is 2.05 bits per heavy atom. The van der Waals surface area contributed by atoms with Gasteiger partial charge in [0.05, 0.1) is 18.2 Å². The normalized spacial score (nSPS) is 13.0. The molecule has 0 saturated heterocycles. The van der Waals surface area contributed by atoms with Crippen molar-refractivity contribution < 1.29 is 18.3 Å². The first kappa shape index (κ1) is 15.7. The molecule has 2 N–H and O–H groups in total. The molecule has 0 amide bonds. The summed E-state index contributed by atoms with van der Waals surface area (Å²) in [4.78, 5) is 0. The summed E-state index contributed by atoms with van der Waals surface area (Å²) in [6.07, 6.45) is -4.36. The molecular formula is C15H13ClF3NO. The first-order valence-corrected chi connectivity index (χ1v) is 6.58. The quantitative estimate of drug-likeness (QED) is 0.870. The van der Waals surface area contributed by atoms with E-state index < -0.39 is 17.8 Å². The van der Waals surface area contributed by atoms with Crippen molar-refractivity contribution in [2.75, 3.05) is 11.9 Å². The van der Waals surface area contributed by atoms with Gasteiger partial charge in [0, 0.05) is 10.7 Å². The van der Waals surface area contributed by atoms with Gasteiger partial charge < -0.3 is 10.4 Å². The molecule has 0 radical (unpaired) electrons. The predicted octanol–water partition coefficient (Wildman–Crippen LogP) is 4.50. The highest BCUT2D eigenvalue weighted by Gasteiger charge is 2.30. The molecule has 0 heterocycles. The molecule has 0 saturated carbocycles. The molecule has 1 atom stereocenters. The van der Waals surface area contributed by atoms with Gasteiger partial charge in [0.15, 0.2) is 0 Å². The molecule has 0 aliphatic carbocycles. The molecule has 112 valence electrons. The largest absolute Gasteiger partial charge is 0.416 e. The number of rotatable bonds is 4. The zero-order valence-corrected chi connectivity index (χ0v) is 11.6. The van der Waals surface area contributed by atoms with Crippen molar-refractivity contribution in [3.8, 4) is 0 Å². The molecule has 1 unspecified atom stereocenters. The van der Waals surface area contributed by atoms with E-state index in [1.54, 1.807) is 24.3 Å². The van der Waals surface area contributed by atoms with Crippen LogP contribution in [0.2, 0.25) is 5.02 Å². The maximum Gasteiger partial charge on any atom is 0.416 e. The number of anilines is 1. The van der Waals surface area contributed by atoms with Gasteiger partial charge in [-0.3, -0.25) is 0 Å². The molecule has 0 aromatic heterocycles. The summed E-state index contributed by atoms with van der Waals surface area (Å²) < 4.78 is 37.5. The van der Waals surface area contributed by atoms with E-state index >= 15 is 0 Å². The lowest BCUT2D eigenvalue weighted by molar-refractivity contribution is -0.137. The Hall–Kier alpha value is -1.72. The molecule has 0 fully saturated rings. The number of nitrogens with one attached hydrogen (secondary N) is 1. The number of aliphatic hydroxyl groups excluding tert-OH is 1. The number of halogens is 4. The number of alkyl halides is 3. The van der Waals surface area contributed by atoms with Crippen molar-refractivity contribution in [2.45, 2.75) is 12.2 Å². The van der Waals surface area contributed by atoms with Crippen molar-refractivity contribution >= 4 is 17.3 Å². The van der Waals surface area contributed by atoms with Crippen molar-refractivity contribution in [2.24, 2.45) is 0 Å². The van der Waals surface area contributed by atoms with Gasteiger partial charge in [-0.25, -0.2) is 0 Å². The van der Waals surface area contributed by atoms with Crippen LogP contribution in [0.15, 0.2) is 48.5 Å². The van der Waals surface area contributed by atoms with Gasteiger partial charge in [0.2, 0.25) is 0 Å². The number of hydrogen-bond donors (Lipinski definition) is 2. The Morgan fingerprint density at radius 2 is 1.57 bits per heavy atom. The lowest BCUT2D eigenvalue weighted by Crippen LogP contribution is -2.15. The van der Waals surface area contributed by atoms with Gasteiger partial charge in [0.1, 0.15) is 0 Å². The van der Waals surface area contributed by atoms with Gasteiger partial charge in [0.25, 0.3) is 0 Å². The van der Waals surface area contributed by atoms with Crippen molar-refractivity contribution in [1.29, 1.82) is 0 Å². The molecule has 2 nitrogen and oxygen atoms in total. The summed E-state index contributed by atoms with van der Waals surface area (Å²) in [5.41, 5.74) is 0.577. The third-order valence-electron chi connectivity index (χ3n) is 3.01. The van der Waals surface area contributed by atoms with E-state index in [1.807, 2.05) is 0 Å². The van der Waals surface area contributed by atoms with Crippen LogP contribution < -0.4 is 5.32 Å². The Bertz CT molecular complexity index is 581. The fourth-order valence-corrected chi connectivity index (χ4v) is 2.01. The summed E-state index contributed by atoms with van der Waals surface area (Å²) in [5, 5.41) is 13.0. The first-order chi connectivity index (χ1) is 9.90. The zero-order chi connectivity index (χ0) is 15.5. The molecule has 0 spiro atoms. The van der Waals surface area contributed by atoms with E-state index in [1.165, 1.54) is 12.1 Å². The minimum Gasteiger partial charge on any atom is -0.394 e. The first-order valence-electron chi connectivity index (χ1n) is 6.20. The van der Waals surface area contributed by atoms with Crippen LogP contribution in [0.1, 0.15) is 17.2 Å². The molecule has 0 bridgehead atoms. The molecule has 2 aromatic rings. The van der Waals surface area contributed by atoms with E-state index in [4.69, 9.17) is 11.6 Å². The van der Waals surface area contributed by atoms with Crippen molar-refractivity contribution in [3.05, 3.63) is 64.7 Å². The van der Waals surface area contributed by atoms with Gasteiger partial charge in [-0.2, -0.15) is 13.2 Å². The van der Waals surface area contributed by atoms with Crippen LogP contribution in [0.5, 0.6) is 0 Å². The molecule has 0 aliphatic heterocycles. The van der Waals surface area contributed by atoms with E-state index in [9.17, 15) is 18.3 Å². The van der Waals surface area contributed by atoms with E-state index in [0.29, 0.717) is 10.6 Å². The Balaban J connectivity index is 2.15. The standard InChI is InChI=1S/C15H13ClF3NO/c16-12-5-7-13(8-6-12)20-14(9-21)10-1-3-11(4-2-10)15(17,18)19/h1-8,14,20-21H,9H2. The van der Waals surface area contributed by atoms with E-state index in [0.717, 1.165) is 17.8 Å². The number of benzene rings is 2. The summed E-state index contributed by atoms with van der Waals surface area (Å²) >= 11 is 5.78. The topological polar surface area (TPSA) is 32.3 Å². The van der Waals surface area contributed by atoms with Crippen LogP contribution in [0.3, 0.4) is 0 Å². The van der Waals surface area contributed by atoms with Crippen LogP contribution in [0.4, 0.5) is 18.9 Å².